The largest absolute Gasteiger partial charge is 0.402 e. The molecule has 0 saturated heterocycles. The number of aromatic nitrogens is 5. The van der Waals surface area contributed by atoms with Crippen molar-refractivity contribution in [3.8, 4) is 17.2 Å². The van der Waals surface area contributed by atoms with Crippen LogP contribution in [-0.2, 0) is 0 Å². The molecule has 1 aliphatic carbocycles. The summed E-state index contributed by atoms with van der Waals surface area (Å²) in [6.07, 6.45) is 5.36. The Morgan fingerprint density at radius 1 is 1.22 bits per heavy atom. The van der Waals surface area contributed by atoms with E-state index >= 15 is 0 Å². The molecule has 3 heterocycles. The van der Waals surface area contributed by atoms with Crippen molar-refractivity contribution in [1.82, 2.24) is 24.3 Å². The first-order valence-electron chi connectivity index (χ1n) is 11.4. The molecule has 2 atom stereocenters. The molecule has 1 saturated carbocycles. The first-order chi connectivity index (χ1) is 17.1. The van der Waals surface area contributed by atoms with Crippen LogP contribution in [0.5, 0.6) is 0 Å². The minimum Gasteiger partial charge on any atom is -0.402 e. The van der Waals surface area contributed by atoms with E-state index in [-0.39, 0.29) is 6.42 Å². The monoisotopic (exact) mass is 492 g/mol. The number of pyridine rings is 1. The smallest absolute Gasteiger partial charge is 0.272 e. The normalized spacial score (nSPS) is 18.4. The molecule has 2 unspecified atom stereocenters. The quantitative estimate of drug-likeness (QED) is 0.287. The van der Waals surface area contributed by atoms with Gasteiger partial charge < -0.3 is 21.9 Å². The molecule has 0 radical (unpaired) electrons. The SMILES string of the molecule is C/C(N)=C/C=C(\N)Nc1ccc2c(c1)ncn2-c1ccc(C(C)O)c(-c2ccnn2C2CC2(F)F)n1. The predicted octanol–water partition coefficient (Wildman–Crippen LogP) is 3.99. The van der Waals surface area contributed by atoms with Gasteiger partial charge in [0, 0.05) is 29.6 Å². The Morgan fingerprint density at radius 3 is 2.69 bits per heavy atom. The van der Waals surface area contributed by atoms with Crippen LogP contribution in [-0.4, -0.2) is 35.3 Å². The second-order valence-corrected chi connectivity index (χ2v) is 8.90. The third-order valence-corrected chi connectivity index (χ3v) is 5.97. The number of nitrogens with two attached hydrogens (primary N) is 2. The summed E-state index contributed by atoms with van der Waals surface area (Å²) in [5, 5.41) is 17.5. The molecule has 36 heavy (non-hydrogen) atoms. The molecule has 0 spiro atoms. The zero-order chi connectivity index (χ0) is 25.6. The first kappa shape index (κ1) is 23.5. The number of aliphatic hydroxyl groups excluding tert-OH is 1. The van der Waals surface area contributed by atoms with Crippen molar-refractivity contribution in [2.45, 2.75) is 38.3 Å². The summed E-state index contributed by atoms with van der Waals surface area (Å²) in [6.45, 7) is 3.38. The van der Waals surface area contributed by atoms with Gasteiger partial charge in [0.1, 0.15) is 24.0 Å². The molecule has 5 rings (SSSR count). The average molecular weight is 493 g/mol. The second-order valence-electron chi connectivity index (χ2n) is 8.90. The standard InChI is InChI=1S/C25H26F2N8O/c1-14(28)3-7-22(29)32-16-4-6-19-18(11-16)30-13-34(19)23-8-5-17(15(2)36)24(33-23)20-9-10-31-35(20)21-12-25(21,26)27/h3-11,13,15,21,32,36H,12,28-29H2,1-2H3/b14-3-,22-7+. The zero-order valence-corrected chi connectivity index (χ0v) is 19.7. The Bertz CT molecular complexity index is 1500. The summed E-state index contributed by atoms with van der Waals surface area (Å²) < 4.78 is 30.7. The van der Waals surface area contributed by atoms with Crippen molar-refractivity contribution in [3.05, 3.63) is 78.2 Å². The molecule has 4 aromatic rings. The molecule has 1 aromatic carbocycles. The van der Waals surface area contributed by atoms with Crippen molar-refractivity contribution in [3.63, 3.8) is 0 Å². The maximum absolute atomic E-state index is 13.8. The number of hydrogen-bond acceptors (Lipinski definition) is 7. The molecular weight excluding hydrogens is 466 g/mol. The number of halogens is 2. The van der Waals surface area contributed by atoms with Crippen LogP contribution in [0, 0.1) is 0 Å². The molecule has 3 aromatic heterocycles. The number of nitrogens with one attached hydrogen (secondary N) is 1. The van der Waals surface area contributed by atoms with Crippen LogP contribution in [0.25, 0.3) is 28.2 Å². The van der Waals surface area contributed by atoms with Gasteiger partial charge >= 0.3 is 0 Å². The molecular formula is C25H26F2N8O. The highest BCUT2D eigenvalue weighted by Gasteiger charge is 2.59. The maximum atomic E-state index is 13.8. The maximum Gasteiger partial charge on any atom is 0.272 e. The lowest BCUT2D eigenvalue weighted by Gasteiger charge is -2.15. The third kappa shape index (κ3) is 4.40. The van der Waals surface area contributed by atoms with E-state index in [0.29, 0.717) is 39.8 Å². The number of anilines is 1. The summed E-state index contributed by atoms with van der Waals surface area (Å²) in [7, 11) is 0. The van der Waals surface area contributed by atoms with Gasteiger partial charge in [0.2, 0.25) is 0 Å². The lowest BCUT2D eigenvalue weighted by Crippen LogP contribution is -2.09. The van der Waals surface area contributed by atoms with Crippen LogP contribution in [0.4, 0.5) is 14.5 Å². The summed E-state index contributed by atoms with van der Waals surface area (Å²) >= 11 is 0. The Hall–Kier alpha value is -4.25. The highest BCUT2D eigenvalue weighted by atomic mass is 19.3. The fraction of sp³-hybridized carbons (Fsp3) is 0.240. The number of alkyl halides is 2. The second kappa shape index (κ2) is 8.76. The lowest BCUT2D eigenvalue weighted by atomic mass is 10.1. The van der Waals surface area contributed by atoms with E-state index < -0.39 is 18.1 Å². The van der Waals surface area contributed by atoms with Crippen molar-refractivity contribution in [2.75, 3.05) is 5.32 Å². The summed E-state index contributed by atoms with van der Waals surface area (Å²) in [6, 6.07) is 9.70. The molecule has 6 N–H and O–H groups in total. The van der Waals surface area contributed by atoms with E-state index in [1.165, 1.54) is 10.9 Å². The van der Waals surface area contributed by atoms with E-state index in [1.807, 2.05) is 18.2 Å². The highest BCUT2D eigenvalue weighted by Crippen LogP contribution is 2.53. The number of benzene rings is 1. The summed E-state index contributed by atoms with van der Waals surface area (Å²) in [5.41, 5.74) is 15.8. The Kier molecular flexibility index (Phi) is 5.71. The van der Waals surface area contributed by atoms with Gasteiger partial charge in [-0.25, -0.2) is 18.7 Å². The van der Waals surface area contributed by atoms with Crippen molar-refractivity contribution in [2.24, 2.45) is 11.5 Å². The summed E-state index contributed by atoms with van der Waals surface area (Å²) in [4.78, 5) is 9.24. The van der Waals surface area contributed by atoms with Crippen molar-refractivity contribution >= 4 is 16.7 Å². The molecule has 0 aliphatic heterocycles. The van der Waals surface area contributed by atoms with E-state index in [2.05, 4.69) is 15.4 Å². The van der Waals surface area contributed by atoms with Gasteiger partial charge in [-0.3, -0.25) is 9.25 Å². The van der Waals surface area contributed by atoms with E-state index in [0.717, 1.165) is 11.2 Å². The number of imidazole rings is 1. The number of hydrogen-bond donors (Lipinski definition) is 4. The summed E-state index contributed by atoms with van der Waals surface area (Å²) in [5.74, 6) is -1.85. The molecule has 1 fully saturated rings. The highest BCUT2D eigenvalue weighted by molar-refractivity contribution is 5.81. The van der Waals surface area contributed by atoms with Gasteiger partial charge in [-0.1, -0.05) is 6.07 Å². The Labute approximate surface area is 205 Å². The number of fused-ring (bicyclic) bond motifs is 1. The molecule has 186 valence electrons. The van der Waals surface area contributed by atoms with Gasteiger partial charge in [-0.15, -0.1) is 0 Å². The zero-order valence-electron chi connectivity index (χ0n) is 19.7. The molecule has 0 amide bonds. The topological polar surface area (TPSA) is 133 Å². The van der Waals surface area contributed by atoms with Crippen molar-refractivity contribution < 1.29 is 13.9 Å². The van der Waals surface area contributed by atoms with Crippen LogP contribution >= 0.6 is 0 Å². The fourth-order valence-corrected chi connectivity index (χ4v) is 4.05. The lowest BCUT2D eigenvalue weighted by molar-refractivity contribution is 0.0986. The molecule has 0 bridgehead atoms. The van der Waals surface area contributed by atoms with Gasteiger partial charge in [0.05, 0.1) is 28.5 Å². The van der Waals surface area contributed by atoms with E-state index in [4.69, 9.17) is 16.5 Å². The Balaban J connectivity index is 1.52. The number of nitrogens with zero attached hydrogens (tertiary/aromatic N) is 5. The van der Waals surface area contributed by atoms with Gasteiger partial charge in [0.25, 0.3) is 5.92 Å². The van der Waals surface area contributed by atoms with Crippen LogP contribution in [0.1, 0.15) is 38.0 Å². The minimum atomic E-state index is -2.80. The third-order valence-electron chi connectivity index (χ3n) is 5.97. The minimum absolute atomic E-state index is 0.268. The number of allylic oxidation sites excluding steroid dienone is 3. The first-order valence-corrected chi connectivity index (χ1v) is 11.4. The van der Waals surface area contributed by atoms with Crippen LogP contribution < -0.4 is 16.8 Å². The fourth-order valence-electron chi connectivity index (χ4n) is 4.05. The Morgan fingerprint density at radius 2 is 2.00 bits per heavy atom. The van der Waals surface area contributed by atoms with Gasteiger partial charge in [0.15, 0.2) is 0 Å². The van der Waals surface area contributed by atoms with E-state index in [9.17, 15) is 13.9 Å². The molecule has 9 nitrogen and oxygen atoms in total. The molecule has 11 heteroatoms. The number of rotatable bonds is 7. The average Bonchev–Trinajstić information content (AvgIpc) is 3.20. The van der Waals surface area contributed by atoms with Crippen LogP contribution in [0.15, 0.2) is 72.6 Å². The van der Waals surface area contributed by atoms with Gasteiger partial charge in [-0.2, -0.15) is 5.10 Å². The van der Waals surface area contributed by atoms with E-state index in [1.54, 1.807) is 55.1 Å². The number of aliphatic hydroxyl groups is 1. The van der Waals surface area contributed by atoms with Gasteiger partial charge in [-0.05, 0) is 56.3 Å². The van der Waals surface area contributed by atoms with Crippen LogP contribution in [0.2, 0.25) is 0 Å². The van der Waals surface area contributed by atoms with Crippen LogP contribution in [0.3, 0.4) is 0 Å². The molecule has 1 aliphatic rings. The predicted molar refractivity (Wildman–Crippen MR) is 133 cm³/mol. The van der Waals surface area contributed by atoms with Crippen molar-refractivity contribution in [1.29, 1.82) is 0 Å².